The molecule has 0 aliphatic carbocycles. The molecular formula is C89H80Cl2N20O21. The summed E-state index contributed by atoms with van der Waals surface area (Å²) in [5.41, 5.74) is 32.6. The molecule has 0 aliphatic heterocycles. The van der Waals surface area contributed by atoms with Gasteiger partial charge in [0.05, 0.1) is 76.9 Å². The molecule has 132 heavy (non-hydrogen) atoms. The first-order valence-electron chi connectivity index (χ1n) is 38.9. The van der Waals surface area contributed by atoms with Crippen molar-refractivity contribution in [2.24, 2.45) is 0 Å². The van der Waals surface area contributed by atoms with Gasteiger partial charge in [0, 0.05) is 11.4 Å². The Morgan fingerprint density at radius 2 is 0.667 bits per heavy atom. The minimum atomic E-state index is -0.720. The lowest BCUT2D eigenvalue weighted by Crippen LogP contribution is -2.06. The van der Waals surface area contributed by atoms with Gasteiger partial charge >= 0.3 is 28.4 Å². The molecule has 0 aliphatic rings. The van der Waals surface area contributed by atoms with E-state index in [1.165, 1.54) is 31.8 Å². The van der Waals surface area contributed by atoms with Gasteiger partial charge in [0.1, 0.15) is 67.7 Å². The number of anilines is 4. The molecule has 0 saturated heterocycles. The Bertz CT molecular complexity index is 6650. The molecule has 0 fully saturated rings. The molecule has 41 nitrogen and oxygen atoms in total. The van der Waals surface area contributed by atoms with Crippen LogP contribution in [0.3, 0.4) is 0 Å². The minimum absolute atomic E-state index is 0.0394. The number of nitro groups is 5. The molecule has 16 aromatic rings. The van der Waals surface area contributed by atoms with E-state index in [1.807, 2.05) is 189 Å². The smallest absolute Gasteiger partial charge is 0.360 e. The zero-order valence-corrected chi connectivity index (χ0v) is 72.5. The molecule has 0 radical (unpaired) electrons. The van der Waals surface area contributed by atoms with Crippen molar-refractivity contribution in [3.63, 3.8) is 0 Å². The third kappa shape index (κ3) is 25.5. The van der Waals surface area contributed by atoms with E-state index >= 15 is 0 Å². The number of halogens is 2. The maximum Gasteiger partial charge on any atom is 0.360 e. The van der Waals surface area contributed by atoms with Crippen LogP contribution in [0.2, 0.25) is 10.2 Å². The van der Waals surface area contributed by atoms with E-state index in [4.69, 9.17) is 94.4 Å². The highest BCUT2D eigenvalue weighted by Crippen LogP contribution is 2.42. The van der Waals surface area contributed by atoms with Crippen molar-refractivity contribution in [2.45, 2.75) is 94.7 Å². The second-order valence-corrected chi connectivity index (χ2v) is 28.4. The van der Waals surface area contributed by atoms with Gasteiger partial charge in [-0.1, -0.05) is 205 Å². The number of nitrogens with two attached hydrogens (primary N) is 4. The van der Waals surface area contributed by atoms with E-state index < -0.39 is 41.7 Å². The van der Waals surface area contributed by atoms with Crippen molar-refractivity contribution in [2.75, 3.05) is 22.9 Å². The molecule has 16 rings (SSSR count). The van der Waals surface area contributed by atoms with Crippen LogP contribution in [0, 0.1) is 106 Å². The number of aliphatic hydroxyl groups excluding tert-OH is 1. The van der Waals surface area contributed by atoms with Gasteiger partial charge < -0.3 is 74.8 Å². The van der Waals surface area contributed by atoms with E-state index in [0.29, 0.717) is 92.5 Å². The predicted octanol–water partition coefficient (Wildman–Crippen LogP) is 18.6. The number of aryl methyl sites for hydroxylation is 7. The van der Waals surface area contributed by atoms with Crippen molar-refractivity contribution in [1.82, 2.24) is 49.8 Å². The third-order valence-electron chi connectivity index (χ3n) is 18.2. The van der Waals surface area contributed by atoms with Crippen LogP contribution in [-0.2, 0) is 46.2 Å². The highest BCUT2D eigenvalue weighted by Gasteiger charge is 2.31. The first kappa shape index (κ1) is 96.8. The molecule has 0 atom stereocenters. The van der Waals surface area contributed by atoms with Gasteiger partial charge in [-0.3, -0.25) is 50.6 Å². The molecule has 0 saturated carbocycles. The zero-order valence-electron chi connectivity index (χ0n) is 71.0. The first-order valence-corrected chi connectivity index (χ1v) is 39.7. The van der Waals surface area contributed by atoms with Crippen molar-refractivity contribution in [1.29, 1.82) is 0 Å². The number of hydrogen-bond donors (Lipinski definition) is 6. The lowest BCUT2D eigenvalue weighted by molar-refractivity contribution is -0.385. The molecule has 0 unspecified atom stereocenters. The Kier molecular flexibility index (Phi) is 33.9. The van der Waals surface area contributed by atoms with Crippen LogP contribution < -0.4 is 51.4 Å². The van der Waals surface area contributed by atoms with Crippen molar-refractivity contribution in [3.05, 3.63) is 364 Å². The SMILES string of the molecule is Cc1cc(N)c([N+](=O)[O-])c(Cl)n1.Cc1cc(N)c([N+](=O)[O-])c(OCc2ccccc2)n1.Cc1nc(OCc2ccccc2)c(CO)c2ncoc12.Cc1nc(OCc2ccccc2)c([N+](=O)[O-])c(N)c1Cl.Cc1nc(OCc2ccccc2)c([N+](=O)[O-])c(N)c1O.Cc1nc(OCc2ccccc2)c([N+](=O)[O-])c2ncoc12.[C-]#[N+]c1c(OCc2ccccc2)nc(C)c2ocnc12. The number of hydrogen-bond acceptors (Lipinski definition) is 35. The van der Waals surface area contributed by atoms with Gasteiger partial charge in [0.2, 0.25) is 16.9 Å². The monoisotopic (exact) mass is 1830 g/mol. The standard InChI is InChI=1S/C15H11N3O2.C15H14N2O3.C14H11N3O4.C13H12ClN3O3.C13H13N3O4.C13H13N3O3.C6H6ClN3O2/c1-10-14-12(17-9-20-14)13(16-2)15(18-10)19-8-11-6-4-3-5-7-11;1-10-14-13(16-9-20-14)12(7-18)15(17-10)19-8-11-5-3-2-4-6-11;1-9-13-11(15-8-21-13)12(17(18)19)14(16-9)20-7-10-5-3-2-4-6-10;1-8-10(14)11(15)12(17(18)19)13(16-8)20-7-9-5-3-2-4-6-9;1-8-12(17)10(14)11(16(18)19)13(15-8)20-7-9-5-3-2-4-6-9;1-9-7-11(14)12(16(17)18)13(15-9)19-8-10-5-3-2-4-6-10;1-3-2-4(8)5(10(11)12)6(7)9-3/h3-7,9H,8H2,1H3;2-6,9,18H,7-8H2,1H3;2-6,8H,7H2,1H3;2-6H,7H2,1H3,(H2,15,16);2-6,17H,7H2,1H3,(H2,14,15);2-7H,8H2,1H3,(H2,14,15);2H,1H3,(H2,8,9). The number of aliphatic hydroxyl groups is 1. The molecular weight excluding hydrogens is 1760 g/mol. The highest BCUT2D eigenvalue weighted by molar-refractivity contribution is 6.34. The molecule has 10 N–H and O–H groups in total. The number of aromatic nitrogens is 10. The van der Waals surface area contributed by atoms with Crippen LogP contribution in [0.4, 0.5) is 56.9 Å². The molecule has 0 amide bonds. The Labute approximate surface area is 758 Å². The lowest BCUT2D eigenvalue weighted by atomic mass is 10.2. The summed E-state index contributed by atoms with van der Waals surface area (Å²) in [6.07, 6.45) is 3.82. The van der Waals surface area contributed by atoms with E-state index in [-0.39, 0.29) is 123 Å². The minimum Gasteiger partial charge on any atom is -0.504 e. The number of rotatable bonds is 24. The number of nitrogen functional groups attached to an aromatic ring is 4. The summed E-state index contributed by atoms with van der Waals surface area (Å²) in [7, 11) is 0. The fourth-order valence-electron chi connectivity index (χ4n) is 11.9. The largest absolute Gasteiger partial charge is 0.504 e. The molecule has 10 aromatic heterocycles. The maximum absolute atomic E-state index is 11.3. The van der Waals surface area contributed by atoms with E-state index in [0.717, 1.165) is 39.8 Å². The van der Waals surface area contributed by atoms with Crippen molar-refractivity contribution >= 4 is 113 Å². The number of ether oxygens (including phenoxy) is 6. The summed E-state index contributed by atoms with van der Waals surface area (Å²) in [5, 5.41) is 73.7. The van der Waals surface area contributed by atoms with Crippen molar-refractivity contribution < 1.29 is 76.5 Å². The van der Waals surface area contributed by atoms with Crippen LogP contribution in [0.5, 0.6) is 41.0 Å². The average molecular weight is 1840 g/mol. The van der Waals surface area contributed by atoms with E-state index in [2.05, 4.69) is 54.7 Å². The van der Waals surface area contributed by atoms with Crippen LogP contribution in [0.25, 0.3) is 38.1 Å². The fraction of sp³-hybridized carbons (Fsp3) is 0.157. The van der Waals surface area contributed by atoms with Gasteiger partial charge in [-0.2, -0.15) is 0 Å². The summed E-state index contributed by atoms with van der Waals surface area (Å²) in [6, 6.07) is 59.5. The molecule has 0 spiro atoms. The summed E-state index contributed by atoms with van der Waals surface area (Å²) >= 11 is 11.4. The lowest BCUT2D eigenvalue weighted by Gasteiger charge is -2.10. The highest BCUT2D eigenvalue weighted by atomic mass is 35.5. The van der Waals surface area contributed by atoms with Gasteiger partial charge in [-0.05, 0) is 94.0 Å². The zero-order chi connectivity index (χ0) is 95.2. The number of oxazole rings is 3. The third-order valence-corrected chi connectivity index (χ3v) is 19.0. The molecule has 0 bridgehead atoms. The summed E-state index contributed by atoms with van der Waals surface area (Å²) in [4.78, 5) is 95.4. The number of aromatic hydroxyl groups is 1. The topological polar surface area (TPSA) is 588 Å². The number of nitrogens with zero attached hydrogens (tertiary/aromatic N) is 16. The van der Waals surface area contributed by atoms with Crippen LogP contribution >= 0.6 is 23.2 Å². The number of fused-ring (bicyclic) bond motifs is 3. The van der Waals surface area contributed by atoms with Crippen molar-refractivity contribution in [3.8, 4) is 41.0 Å². The van der Waals surface area contributed by atoms with E-state index in [9.17, 15) is 60.8 Å². The Morgan fingerprint density at radius 1 is 0.371 bits per heavy atom. The molecule has 10 heterocycles. The number of pyridine rings is 7. The summed E-state index contributed by atoms with van der Waals surface area (Å²) < 4.78 is 48.7. The Morgan fingerprint density at radius 3 is 1.05 bits per heavy atom. The fourth-order valence-corrected chi connectivity index (χ4v) is 12.4. The second kappa shape index (κ2) is 46.2. The summed E-state index contributed by atoms with van der Waals surface area (Å²) in [5.74, 6) is -0.138. The number of benzene rings is 6. The predicted molar refractivity (Wildman–Crippen MR) is 485 cm³/mol. The first-order chi connectivity index (χ1) is 63.3. The average Bonchev–Trinajstić information content (AvgIpc) is 1.62. The van der Waals surface area contributed by atoms with Gasteiger partial charge in [0.25, 0.3) is 29.2 Å². The second-order valence-electron chi connectivity index (χ2n) is 27.7. The Hall–Kier alpha value is -17.4. The molecule has 43 heteroatoms. The normalized spacial score (nSPS) is 10.4. The quantitative estimate of drug-likeness (QED) is 0.0142. The van der Waals surface area contributed by atoms with Crippen LogP contribution in [0.1, 0.15) is 78.8 Å². The van der Waals surface area contributed by atoms with Gasteiger partial charge in [-0.15, -0.1) is 0 Å². The van der Waals surface area contributed by atoms with Crippen LogP contribution in [0.15, 0.2) is 227 Å². The summed E-state index contributed by atoms with van der Waals surface area (Å²) in [6.45, 7) is 20.3. The van der Waals surface area contributed by atoms with E-state index in [1.54, 1.807) is 34.6 Å². The Balaban J connectivity index is 0.000000160. The molecule has 6 aromatic carbocycles. The van der Waals surface area contributed by atoms with Gasteiger partial charge in [0.15, 0.2) is 52.9 Å². The van der Waals surface area contributed by atoms with Gasteiger partial charge in [-0.25, -0.2) is 54.7 Å². The molecule has 676 valence electrons. The maximum atomic E-state index is 11.3. The van der Waals surface area contributed by atoms with Crippen LogP contribution in [-0.4, -0.2) is 84.7 Å².